The van der Waals surface area contributed by atoms with Gasteiger partial charge in [0.1, 0.15) is 12.1 Å². The molecule has 0 unspecified atom stereocenters. The fourth-order valence-electron chi connectivity index (χ4n) is 5.42. The van der Waals surface area contributed by atoms with Gasteiger partial charge in [-0.15, -0.1) is 10.2 Å². The Morgan fingerprint density at radius 3 is 2.58 bits per heavy atom. The van der Waals surface area contributed by atoms with Crippen LogP contribution in [-0.2, 0) is 13.1 Å². The van der Waals surface area contributed by atoms with Crippen LogP contribution in [0.2, 0.25) is 5.02 Å². The molecule has 9 heteroatoms. The summed E-state index contributed by atoms with van der Waals surface area (Å²) in [5, 5.41) is 10.1. The molecule has 1 aromatic carbocycles. The number of aromatic nitrogens is 5. The number of fused-ring (bicyclic) bond motifs is 3. The highest BCUT2D eigenvalue weighted by Crippen LogP contribution is 2.44. The zero-order valence-electron chi connectivity index (χ0n) is 17.2. The van der Waals surface area contributed by atoms with E-state index in [1.165, 1.54) is 24.1 Å². The highest BCUT2D eigenvalue weighted by Gasteiger charge is 2.53. The zero-order chi connectivity index (χ0) is 20.6. The number of rotatable bonds is 3. The van der Waals surface area contributed by atoms with Gasteiger partial charge >= 0.3 is 0 Å². The first-order valence-corrected chi connectivity index (χ1v) is 11.3. The van der Waals surface area contributed by atoms with Crippen molar-refractivity contribution in [2.45, 2.75) is 32.0 Å². The maximum Gasteiger partial charge on any atom is 0.231 e. The molecular formula is C22H23ClN8. The summed E-state index contributed by atoms with van der Waals surface area (Å²) in [6, 6.07) is 8.85. The van der Waals surface area contributed by atoms with Crippen molar-refractivity contribution in [3.8, 4) is 5.69 Å². The first-order valence-electron chi connectivity index (χ1n) is 10.9. The molecule has 8 nitrogen and oxygen atoms in total. The Labute approximate surface area is 185 Å². The molecule has 1 spiro atoms. The maximum atomic E-state index is 6.36. The van der Waals surface area contributed by atoms with E-state index >= 15 is 0 Å². The second-order valence-corrected chi connectivity index (χ2v) is 9.88. The largest absolute Gasteiger partial charge is 0.355 e. The Morgan fingerprint density at radius 1 is 0.968 bits per heavy atom. The molecule has 1 aliphatic carbocycles. The number of benzene rings is 1. The third kappa shape index (κ3) is 2.85. The summed E-state index contributed by atoms with van der Waals surface area (Å²) in [6.07, 6.45) is 5.97. The third-order valence-corrected chi connectivity index (χ3v) is 7.29. The standard InChI is InChI=1S/C22H23ClN8/c23-16-1-4-18-15(7-16)8-28(17-2-3-17)9-20-26-27-21(31(18)20)30-12-22(13-30)10-29(11-22)19-5-6-24-14-25-19/h1,4-7,14,17H,2-3,8-13H2. The fourth-order valence-corrected chi connectivity index (χ4v) is 5.61. The van der Waals surface area contributed by atoms with Crippen LogP contribution >= 0.6 is 11.6 Å². The molecule has 0 N–H and O–H groups in total. The van der Waals surface area contributed by atoms with Gasteiger partial charge in [-0.25, -0.2) is 9.97 Å². The Morgan fingerprint density at radius 2 is 1.81 bits per heavy atom. The van der Waals surface area contributed by atoms with Gasteiger partial charge in [-0.05, 0) is 42.7 Å². The lowest BCUT2D eigenvalue weighted by molar-refractivity contribution is 0.153. The molecule has 31 heavy (non-hydrogen) atoms. The van der Waals surface area contributed by atoms with E-state index in [9.17, 15) is 0 Å². The molecule has 1 saturated carbocycles. The van der Waals surface area contributed by atoms with Gasteiger partial charge in [0.2, 0.25) is 5.95 Å². The first-order chi connectivity index (χ1) is 15.2. The first kappa shape index (κ1) is 17.9. The minimum absolute atomic E-state index is 0.324. The predicted molar refractivity (Wildman–Crippen MR) is 118 cm³/mol. The summed E-state index contributed by atoms with van der Waals surface area (Å²) in [7, 11) is 0. The van der Waals surface area contributed by atoms with Crippen LogP contribution in [0.15, 0.2) is 36.8 Å². The average Bonchev–Trinajstić information content (AvgIpc) is 3.50. The van der Waals surface area contributed by atoms with Crippen LogP contribution in [0.1, 0.15) is 24.2 Å². The van der Waals surface area contributed by atoms with Gasteiger partial charge in [0.15, 0.2) is 5.82 Å². The van der Waals surface area contributed by atoms with Crippen LogP contribution in [0.3, 0.4) is 0 Å². The van der Waals surface area contributed by atoms with E-state index in [0.29, 0.717) is 11.5 Å². The summed E-state index contributed by atoms with van der Waals surface area (Å²) in [5.74, 6) is 3.00. The SMILES string of the molecule is Clc1ccc2c(c1)CN(C1CC1)Cc1nnc(N3CC4(CN(c5ccncn5)C4)C3)n1-2. The van der Waals surface area contributed by atoms with Crippen molar-refractivity contribution in [3.05, 3.63) is 53.2 Å². The van der Waals surface area contributed by atoms with Crippen LogP contribution in [0.5, 0.6) is 0 Å². The highest BCUT2D eigenvalue weighted by molar-refractivity contribution is 6.30. The van der Waals surface area contributed by atoms with Crippen molar-refractivity contribution >= 4 is 23.4 Å². The van der Waals surface area contributed by atoms with E-state index in [1.807, 2.05) is 12.1 Å². The summed E-state index contributed by atoms with van der Waals surface area (Å²) in [6.45, 7) is 5.82. The quantitative estimate of drug-likeness (QED) is 0.627. The van der Waals surface area contributed by atoms with Gasteiger partial charge in [0, 0.05) is 55.4 Å². The number of hydrogen-bond acceptors (Lipinski definition) is 7. The molecule has 5 heterocycles. The molecule has 2 saturated heterocycles. The van der Waals surface area contributed by atoms with Crippen LogP contribution < -0.4 is 9.80 Å². The van der Waals surface area contributed by atoms with Crippen LogP contribution in [-0.4, -0.2) is 61.9 Å². The molecule has 2 aromatic heterocycles. The molecule has 3 aliphatic heterocycles. The molecule has 0 amide bonds. The van der Waals surface area contributed by atoms with Gasteiger partial charge in [-0.3, -0.25) is 9.47 Å². The van der Waals surface area contributed by atoms with Crippen molar-refractivity contribution in [2.75, 3.05) is 36.0 Å². The summed E-state index contributed by atoms with van der Waals surface area (Å²) in [5.41, 5.74) is 2.75. The monoisotopic (exact) mass is 434 g/mol. The molecular weight excluding hydrogens is 412 g/mol. The van der Waals surface area contributed by atoms with Crippen molar-refractivity contribution in [2.24, 2.45) is 5.41 Å². The zero-order valence-corrected chi connectivity index (χ0v) is 17.9. The van der Waals surface area contributed by atoms with Crippen molar-refractivity contribution < 1.29 is 0 Å². The summed E-state index contributed by atoms with van der Waals surface area (Å²) < 4.78 is 2.27. The van der Waals surface area contributed by atoms with Crippen LogP contribution in [0.4, 0.5) is 11.8 Å². The van der Waals surface area contributed by atoms with E-state index in [-0.39, 0.29) is 0 Å². The fraction of sp³-hybridized carbons (Fsp3) is 0.455. The molecule has 3 aromatic rings. The van der Waals surface area contributed by atoms with Gasteiger partial charge in [-0.1, -0.05) is 11.6 Å². The number of anilines is 2. The van der Waals surface area contributed by atoms with E-state index < -0.39 is 0 Å². The Balaban J connectivity index is 1.16. The molecule has 0 radical (unpaired) electrons. The topological polar surface area (TPSA) is 66.2 Å². The van der Waals surface area contributed by atoms with E-state index in [0.717, 1.165) is 61.9 Å². The second kappa shape index (κ2) is 6.40. The Hall–Kier alpha value is -2.71. The number of hydrogen-bond donors (Lipinski definition) is 0. The van der Waals surface area contributed by atoms with Crippen molar-refractivity contribution in [1.29, 1.82) is 0 Å². The molecule has 4 aliphatic rings. The third-order valence-electron chi connectivity index (χ3n) is 7.05. The number of nitrogens with zero attached hydrogens (tertiary/aromatic N) is 8. The average molecular weight is 435 g/mol. The molecule has 7 rings (SSSR count). The van der Waals surface area contributed by atoms with E-state index in [4.69, 9.17) is 11.6 Å². The molecule has 158 valence electrons. The molecule has 3 fully saturated rings. The summed E-state index contributed by atoms with van der Waals surface area (Å²) >= 11 is 6.36. The highest BCUT2D eigenvalue weighted by atomic mass is 35.5. The lowest BCUT2D eigenvalue weighted by Crippen LogP contribution is -2.73. The lowest BCUT2D eigenvalue weighted by Gasteiger charge is -2.60. The van der Waals surface area contributed by atoms with Gasteiger partial charge in [-0.2, -0.15) is 0 Å². The minimum atomic E-state index is 0.324. The Bertz CT molecular complexity index is 1140. The van der Waals surface area contributed by atoms with Crippen molar-refractivity contribution in [3.63, 3.8) is 0 Å². The van der Waals surface area contributed by atoms with Crippen LogP contribution in [0, 0.1) is 5.41 Å². The maximum absolute atomic E-state index is 6.36. The minimum Gasteiger partial charge on any atom is -0.355 e. The smallest absolute Gasteiger partial charge is 0.231 e. The molecule has 0 atom stereocenters. The van der Waals surface area contributed by atoms with Gasteiger partial charge in [0.25, 0.3) is 0 Å². The van der Waals surface area contributed by atoms with E-state index in [2.05, 4.69) is 51.6 Å². The van der Waals surface area contributed by atoms with Gasteiger partial charge in [0.05, 0.1) is 12.2 Å². The molecule has 0 bridgehead atoms. The second-order valence-electron chi connectivity index (χ2n) is 9.44. The predicted octanol–water partition coefficient (Wildman–Crippen LogP) is 2.52. The summed E-state index contributed by atoms with van der Waals surface area (Å²) in [4.78, 5) is 15.6. The Kier molecular flexibility index (Phi) is 3.70. The van der Waals surface area contributed by atoms with E-state index in [1.54, 1.807) is 12.5 Å². The normalized spacial score (nSPS) is 21.8. The van der Waals surface area contributed by atoms with Crippen molar-refractivity contribution in [1.82, 2.24) is 29.6 Å². The lowest BCUT2D eigenvalue weighted by atomic mass is 9.73. The number of halogens is 1. The van der Waals surface area contributed by atoms with Crippen LogP contribution in [0.25, 0.3) is 5.69 Å². The van der Waals surface area contributed by atoms with Gasteiger partial charge < -0.3 is 9.80 Å².